The second-order valence-electron chi connectivity index (χ2n) is 8.66. The summed E-state index contributed by atoms with van der Waals surface area (Å²) in [5, 5.41) is 21.2. The molecule has 2 aliphatic carbocycles. The van der Waals surface area contributed by atoms with Gasteiger partial charge in [0.05, 0.1) is 12.2 Å². The van der Waals surface area contributed by atoms with E-state index in [-0.39, 0.29) is 17.0 Å². The summed E-state index contributed by atoms with van der Waals surface area (Å²) in [5.41, 5.74) is 0.583. The van der Waals surface area contributed by atoms with Gasteiger partial charge in [-0.3, -0.25) is 9.79 Å². The number of carbonyl (C=O) groups is 1. The lowest BCUT2D eigenvalue weighted by molar-refractivity contribution is -0.110. The summed E-state index contributed by atoms with van der Waals surface area (Å²) in [7, 11) is 0. The van der Waals surface area contributed by atoms with Gasteiger partial charge in [0.25, 0.3) is 0 Å². The third-order valence-electron chi connectivity index (χ3n) is 6.72. The van der Waals surface area contributed by atoms with E-state index >= 15 is 0 Å². The van der Waals surface area contributed by atoms with Gasteiger partial charge in [-0.15, -0.1) is 18.5 Å². The van der Waals surface area contributed by atoms with Crippen molar-refractivity contribution in [3.8, 4) is 11.8 Å². The first-order chi connectivity index (χ1) is 13.4. The summed E-state index contributed by atoms with van der Waals surface area (Å²) >= 11 is 3.84. The topological polar surface area (TPSA) is 69.9 Å². The highest BCUT2D eigenvalue weighted by molar-refractivity contribution is 7.96. The molecule has 4 nitrogen and oxygen atoms in total. The fourth-order valence-electron chi connectivity index (χ4n) is 5.34. The van der Waals surface area contributed by atoms with Gasteiger partial charge in [0.1, 0.15) is 5.54 Å². The SMILES string of the molecule is CC#CC12CC(O)C(/C=C/C(O)C3CCCCC3)C1CC(CCCC(=O)S)=N2. The van der Waals surface area contributed by atoms with E-state index in [0.717, 1.165) is 37.8 Å². The summed E-state index contributed by atoms with van der Waals surface area (Å²) < 4.78 is 0. The number of rotatable bonds is 7. The lowest BCUT2D eigenvalue weighted by Crippen LogP contribution is -2.28. The van der Waals surface area contributed by atoms with Crippen molar-refractivity contribution in [2.75, 3.05) is 0 Å². The maximum absolute atomic E-state index is 11.1. The highest BCUT2D eigenvalue weighted by Crippen LogP contribution is 2.50. The number of fused-ring (bicyclic) bond motifs is 1. The quantitative estimate of drug-likeness (QED) is 0.345. The van der Waals surface area contributed by atoms with Crippen molar-refractivity contribution in [1.29, 1.82) is 0 Å². The molecule has 0 aromatic rings. The summed E-state index contributed by atoms with van der Waals surface area (Å²) in [4.78, 5) is 16.0. The Bertz CT molecular complexity index is 686. The molecule has 0 amide bonds. The lowest BCUT2D eigenvalue weighted by Gasteiger charge is -2.26. The molecule has 5 atom stereocenters. The van der Waals surface area contributed by atoms with Crippen molar-refractivity contribution < 1.29 is 15.0 Å². The molecule has 3 rings (SSSR count). The van der Waals surface area contributed by atoms with E-state index in [9.17, 15) is 15.0 Å². The highest BCUT2D eigenvalue weighted by atomic mass is 32.1. The van der Waals surface area contributed by atoms with E-state index < -0.39 is 17.7 Å². The molecule has 0 saturated heterocycles. The number of hydrogen-bond acceptors (Lipinski definition) is 4. The molecule has 0 bridgehead atoms. The van der Waals surface area contributed by atoms with E-state index in [1.807, 2.05) is 19.1 Å². The first-order valence-corrected chi connectivity index (χ1v) is 11.2. The first-order valence-electron chi connectivity index (χ1n) is 10.7. The van der Waals surface area contributed by atoms with Crippen LogP contribution >= 0.6 is 12.6 Å². The Balaban J connectivity index is 1.69. The van der Waals surface area contributed by atoms with Crippen molar-refractivity contribution >= 4 is 23.5 Å². The Kier molecular flexibility index (Phi) is 7.42. The molecule has 2 fully saturated rings. The van der Waals surface area contributed by atoms with Crippen LogP contribution in [-0.2, 0) is 4.79 Å². The number of aliphatic imine (C=N–C) groups is 1. The Hall–Kier alpha value is -1.09. The van der Waals surface area contributed by atoms with Gasteiger partial charge < -0.3 is 10.2 Å². The van der Waals surface area contributed by atoms with Crippen LogP contribution in [0.4, 0.5) is 0 Å². The lowest BCUT2D eigenvalue weighted by atomic mass is 9.81. The zero-order valence-electron chi connectivity index (χ0n) is 16.8. The summed E-state index contributed by atoms with van der Waals surface area (Å²) in [6.07, 6.45) is 12.2. The van der Waals surface area contributed by atoms with Gasteiger partial charge in [-0.1, -0.05) is 37.3 Å². The molecule has 154 valence electrons. The minimum Gasteiger partial charge on any atom is -0.392 e. The van der Waals surface area contributed by atoms with Gasteiger partial charge in [-0.2, -0.15) is 0 Å². The largest absolute Gasteiger partial charge is 0.392 e. The summed E-state index contributed by atoms with van der Waals surface area (Å²) in [6.45, 7) is 1.82. The van der Waals surface area contributed by atoms with Crippen LogP contribution in [0, 0.1) is 29.6 Å². The van der Waals surface area contributed by atoms with Crippen LogP contribution in [0.5, 0.6) is 0 Å². The number of aliphatic hydroxyl groups excluding tert-OH is 2. The van der Waals surface area contributed by atoms with Gasteiger partial charge in [0.2, 0.25) is 0 Å². The van der Waals surface area contributed by atoms with Crippen molar-refractivity contribution in [3.05, 3.63) is 12.2 Å². The van der Waals surface area contributed by atoms with Crippen LogP contribution in [0.3, 0.4) is 0 Å². The van der Waals surface area contributed by atoms with Gasteiger partial charge in [-0.05, 0) is 44.9 Å². The number of nitrogens with zero attached hydrogens (tertiary/aromatic N) is 1. The standard InChI is InChI=1S/C23H33NO3S/c1-2-13-23-15-21(26)18(11-12-20(25)16-7-4-3-5-8-16)19(23)14-17(24-23)9-6-10-22(27)28/h11-12,16,18-21,25-26H,3-10,14-15H2,1H3,(H,27,28)/b12-11+. The zero-order valence-corrected chi connectivity index (χ0v) is 17.7. The van der Waals surface area contributed by atoms with E-state index in [1.165, 1.54) is 19.3 Å². The average Bonchev–Trinajstić information content (AvgIpc) is 3.11. The van der Waals surface area contributed by atoms with E-state index in [4.69, 9.17) is 4.99 Å². The summed E-state index contributed by atoms with van der Waals surface area (Å²) in [6, 6.07) is 0. The first kappa shape index (κ1) is 21.6. The van der Waals surface area contributed by atoms with Crippen molar-refractivity contribution in [2.45, 2.75) is 88.9 Å². The van der Waals surface area contributed by atoms with Crippen molar-refractivity contribution in [1.82, 2.24) is 0 Å². The van der Waals surface area contributed by atoms with Crippen LogP contribution in [0.15, 0.2) is 17.1 Å². The number of thiol groups is 1. The van der Waals surface area contributed by atoms with Crippen LogP contribution in [0.2, 0.25) is 0 Å². The molecule has 0 spiro atoms. The van der Waals surface area contributed by atoms with E-state index in [2.05, 4.69) is 24.5 Å². The Morgan fingerprint density at radius 1 is 1.39 bits per heavy atom. The van der Waals surface area contributed by atoms with Crippen LogP contribution in [-0.4, -0.2) is 38.8 Å². The van der Waals surface area contributed by atoms with Crippen LogP contribution in [0.1, 0.15) is 71.1 Å². The molecule has 0 radical (unpaired) electrons. The number of aliphatic hydroxyl groups is 2. The fraction of sp³-hybridized carbons (Fsp3) is 0.739. The van der Waals surface area contributed by atoms with Gasteiger partial charge >= 0.3 is 0 Å². The minimum atomic E-state index is -0.515. The second kappa shape index (κ2) is 9.61. The zero-order chi connectivity index (χ0) is 20.1. The molecule has 5 heteroatoms. The summed E-state index contributed by atoms with van der Waals surface area (Å²) in [5.74, 6) is 6.76. The molecular weight excluding hydrogens is 370 g/mol. The van der Waals surface area contributed by atoms with E-state index in [0.29, 0.717) is 18.8 Å². The smallest absolute Gasteiger partial charge is 0.185 e. The number of carbonyl (C=O) groups excluding carboxylic acids is 1. The monoisotopic (exact) mass is 403 g/mol. The molecule has 2 N–H and O–H groups in total. The molecule has 3 aliphatic rings. The average molecular weight is 404 g/mol. The maximum atomic E-state index is 11.1. The molecule has 28 heavy (non-hydrogen) atoms. The van der Waals surface area contributed by atoms with Crippen LogP contribution < -0.4 is 0 Å². The molecule has 0 aromatic carbocycles. The Labute approximate surface area is 174 Å². The molecular formula is C23H33NO3S. The number of hydrogen-bond donors (Lipinski definition) is 3. The third-order valence-corrected chi connectivity index (χ3v) is 6.94. The normalized spacial score (nSPS) is 34.0. The highest BCUT2D eigenvalue weighted by Gasteiger charge is 2.54. The molecule has 5 unspecified atom stereocenters. The van der Waals surface area contributed by atoms with Crippen molar-refractivity contribution in [3.63, 3.8) is 0 Å². The Morgan fingerprint density at radius 2 is 2.14 bits per heavy atom. The fourth-order valence-corrected chi connectivity index (χ4v) is 5.49. The van der Waals surface area contributed by atoms with Crippen LogP contribution in [0.25, 0.3) is 0 Å². The van der Waals surface area contributed by atoms with Gasteiger partial charge in [0, 0.05) is 30.4 Å². The van der Waals surface area contributed by atoms with Crippen molar-refractivity contribution in [2.24, 2.45) is 22.7 Å². The molecule has 1 aliphatic heterocycles. The molecule has 0 aromatic heterocycles. The predicted molar refractivity (Wildman–Crippen MR) is 115 cm³/mol. The maximum Gasteiger partial charge on any atom is 0.185 e. The van der Waals surface area contributed by atoms with Gasteiger partial charge in [-0.25, -0.2) is 0 Å². The minimum absolute atomic E-state index is 0.0353. The molecule has 2 saturated carbocycles. The molecule has 1 heterocycles. The third kappa shape index (κ3) is 4.90. The second-order valence-corrected chi connectivity index (χ2v) is 9.16. The Morgan fingerprint density at radius 3 is 2.82 bits per heavy atom. The predicted octanol–water partition coefficient (Wildman–Crippen LogP) is 3.71. The van der Waals surface area contributed by atoms with Gasteiger partial charge in [0.15, 0.2) is 5.12 Å². The van der Waals surface area contributed by atoms with E-state index in [1.54, 1.807) is 0 Å².